The van der Waals surface area contributed by atoms with E-state index in [4.69, 9.17) is 13.9 Å². The molecule has 0 spiro atoms. The molecule has 1 N–H and O–H groups in total. The van der Waals surface area contributed by atoms with E-state index in [2.05, 4.69) is 5.32 Å². The number of fused-ring (bicyclic) bond motifs is 3. The van der Waals surface area contributed by atoms with Crippen LogP contribution in [0.3, 0.4) is 0 Å². The number of nitrogens with one attached hydrogen (secondary N) is 1. The van der Waals surface area contributed by atoms with Crippen LogP contribution in [0.15, 0.2) is 40.8 Å². The number of furan rings is 1. The quantitative estimate of drug-likeness (QED) is 0.491. The fourth-order valence-electron chi connectivity index (χ4n) is 4.21. The third kappa shape index (κ3) is 4.50. The summed E-state index contributed by atoms with van der Waals surface area (Å²) in [5, 5.41) is 3.44. The zero-order valence-corrected chi connectivity index (χ0v) is 19.3. The largest absolute Gasteiger partial charge is 0.482 e. The van der Waals surface area contributed by atoms with Crippen LogP contribution in [0.5, 0.6) is 5.75 Å². The van der Waals surface area contributed by atoms with E-state index in [1.54, 1.807) is 31.2 Å². The fraction of sp³-hybridized carbons (Fsp3) is 0.385. The van der Waals surface area contributed by atoms with Crippen LogP contribution >= 0.6 is 0 Å². The summed E-state index contributed by atoms with van der Waals surface area (Å²) in [6, 6.07) is 9.36. The molecular formula is C26H28FNO5. The molecule has 0 fully saturated rings. The van der Waals surface area contributed by atoms with Gasteiger partial charge in [-0.1, -0.05) is 12.1 Å². The van der Waals surface area contributed by atoms with Crippen molar-refractivity contribution in [3.8, 4) is 5.75 Å². The highest BCUT2D eigenvalue weighted by Crippen LogP contribution is 2.44. The molecular weight excluding hydrogens is 425 g/mol. The Morgan fingerprint density at radius 3 is 2.64 bits per heavy atom. The maximum absolute atomic E-state index is 13.4. The third-order valence-corrected chi connectivity index (χ3v) is 5.89. The highest BCUT2D eigenvalue weighted by molar-refractivity contribution is 6.13. The molecule has 0 aliphatic carbocycles. The van der Waals surface area contributed by atoms with Crippen LogP contribution in [0.2, 0.25) is 0 Å². The lowest BCUT2D eigenvalue weighted by atomic mass is 9.84. The molecule has 4 rings (SSSR count). The Morgan fingerprint density at radius 2 is 1.94 bits per heavy atom. The highest BCUT2D eigenvalue weighted by atomic mass is 19.1. The molecule has 2 aromatic carbocycles. The summed E-state index contributed by atoms with van der Waals surface area (Å²) in [4.78, 5) is 26.0. The van der Waals surface area contributed by atoms with Crippen LogP contribution in [0, 0.1) is 12.7 Å². The molecule has 6 nitrogen and oxygen atoms in total. The summed E-state index contributed by atoms with van der Waals surface area (Å²) < 4.78 is 30.9. The minimum Gasteiger partial charge on any atom is -0.482 e. The highest BCUT2D eigenvalue weighted by Gasteiger charge is 2.40. The van der Waals surface area contributed by atoms with Crippen molar-refractivity contribution in [2.24, 2.45) is 0 Å². The van der Waals surface area contributed by atoms with Crippen LogP contribution in [-0.4, -0.2) is 30.9 Å². The first-order valence-electron chi connectivity index (χ1n) is 11.1. The minimum absolute atomic E-state index is 0.0900. The van der Waals surface area contributed by atoms with Crippen LogP contribution in [0.25, 0.3) is 11.0 Å². The van der Waals surface area contributed by atoms with Gasteiger partial charge in [-0.05, 0) is 63.9 Å². The summed E-state index contributed by atoms with van der Waals surface area (Å²) in [6.45, 7) is 8.52. The molecule has 0 unspecified atom stereocenters. The number of hydrogen-bond acceptors (Lipinski definition) is 5. The molecule has 1 amide bonds. The molecule has 1 atom stereocenters. The summed E-state index contributed by atoms with van der Waals surface area (Å²) in [5.74, 6) is -0.188. The second-order valence-electron chi connectivity index (χ2n) is 8.84. The van der Waals surface area contributed by atoms with Gasteiger partial charge in [-0.2, -0.15) is 0 Å². The van der Waals surface area contributed by atoms with Gasteiger partial charge in [0.1, 0.15) is 22.8 Å². The zero-order valence-electron chi connectivity index (χ0n) is 19.3. The molecule has 2 heterocycles. The first-order valence-corrected chi connectivity index (χ1v) is 11.1. The van der Waals surface area contributed by atoms with E-state index >= 15 is 0 Å². The number of ether oxygens (including phenoxy) is 2. The van der Waals surface area contributed by atoms with E-state index in [1.807, 2.05) is 20.8 Å². The van der Waals surface area contributed by atoms with Crippen LogP contribution in [0.4, 0.5) is 4.39 Å². The van der Waals surface area contributed by atoms with Gasteiger partial charge in [0.2, 0.25) is 0 Å². The summed E-state index contributed by atoms with van der Waals surface area (Å²) in [5.41, 5.74) is 1.27. The molecule has 0 bridgehead atoms. The van der Waals surface area contributed by atoms with Gasteiger partial charge in [-0.15, -0.1) is 0 Å². The Bertz CT molecular complexity index is 1200. The number of aryl methyl sites for hydroxylation is 1. The lowest BCUT2D eigenvalue weighted by Crippen LogP contribution is -2.36. The number of amides is 1. The van der Waals surface area contributed by atoms with E-state index < -0.39 is 5.60 Å². The van der Waals surface area contributed by atoms with E-state index in [-0.39, 0.29) is 35.8 Å². The number of carbonyl (C=O) groups is 2. The monoisotopic (exact) mass is 453 g/mol. The van der Waals surface area contributed by atoms with Gasteiger partial charge in [0.15, 0.2) is 11.5 Å². The van der Waals surface area contributed by atoms with Gasteiger partial charge >= 0.3 is 0 Å². The van der Waals surface area contributed by atoms with E-state index in [1.165, 1.54) is 12.1 Å². The number of rotatable bonds is 7. The number of halogens is 1. The summed E-state index contributed by atoms with van der Waals surface area (Å²) in [6.07, 6.45) is 0.925. The number of carbonyl (C=O) groups excluding carboxylic acids is 2. The Balaban J connectivity index is 1.60. The third-order valence-electron chi connectivity index (χ3n) is 5.89. The average molecular weight is 454 g/mol. The molecule has 1 aromatic heterocycles. The molecule has 174 valence electrons. The van der Waals surface area contributed by atoms with Crippen molar-refractivity contribution in [2.45, 2.75) is 52.2 Å². The zero-order chi connectivity index (χ0) is 23.8. The molecule has 0 radical (unpaired) electrons. The molecule has 33 heavy (non-hydrogen) atoms. The van der Waals surface area contributed by atoms with Crippen molar-refractivity contribution >= 4 is 22.7 Å². The lowest BCUT2D eigenvalue weighted by molar-refractivity contribution is 0.0507. The van der Waals surface area contributed by atoms with Crippen molar-refractivity contribution < 1.29 is 27.9 Å². The second kappa shape index (κ2) is 8.98. The summed E-state index contributed by atoms with van der Waals surface area (Å²) >= 11 is 0. The van der Waals surface area contributed by atoms with Crippen LogP contribution in [-0.2, 0) is 10.3 Å². The smallest absolute Gasteiger partial charge is 0.287 e. The summed E-state index contributed by atoms with van der Waals surface area (Å²) in [7, 11) is 0. The number of hydrogen-bond donors (Lipinski definition) is 1. The SMILES string of the molecule is Cc1c(C(=O)NCCCOC(C)C)oc2ccc3c(c12)C(=O)C[C@@](C)(c1ccc(F)cc1)O3. The number of ketones is 1. The van der Waals surface area contributed by atoms with Crippen LogP contribution in [0.1, 0.15) is 65.7 Å². The standard InChI is InChI=1S/C26H28FNO5/c1-15(2)31-13-5-12-28-25(30)24-16(3)22-20(32-24)10-11-21-23(22)19(29)14-26(4,33-21)17-6-8-18(27)9-7-17/h6-11,15H,5,12-14H2,1-4H3,(H,28,30)/t26-/m0/s1. The van der Waals surface area contributed by atoms with Gasteiger partial charge < -0.3 is 19.2 Å². The Hall–Kier alpha value is -3.19. The van der Waals surface area contributed by atoms with Crippen molar-refractivity contribution in [1.29, 1.82) is 0 Å². The Labute approximate surface area is 192 Å². The van der Waals surface area contributed by atoms with Crippen LogP contribution < -0.4 is 10.1 Å². The van der Waals surface area contributed by atoms with Gasteiger partial charge in [0.25, 0.3) is 5.91 Å². The second-order valence-corrected chi connectivity index (χ2v) is 8.84. The normalized spacial score (nSPS) is 17.8. The lowest BCUT2D eigenvalue weighted by Gasteiger charge is -2.35. The number of Topliss-reactive ketones (excluding diaryl/α,β-unsaturated/α-hetero) is 1. The average Bonchev–Trinajstić information content (AvgIpc) is 3.10. The van der Waals surface area contributed by atoms with Gasteiger partial charge in [-0.25, -0.2) is 4.39 Å². The maximum Gasteiger partial charge on any atom is 0.287 e. The first kappa shape index (κ1) is 23.0. The maximum atomic E-state index is 13.4. The molecule has 7 heteroatoms. The fourth-order valence-corrected chi connectivity index (χ4v) is 4.21. The molecule has 3 aromatic rings. The van der Waals surface area contributed by atoms with Gasteiger partial charge in [-0.3, -0.25) is 9.59 Å². The minimum atomic E-state index is -0.915. The van der Waals surface area contributed by atoms with E-state index in [0.29, 0.717) is 53.0 Å². The van der Waals surface area contributed by atoms with Gasteiger partial charge in [0, 0.05) is 24.1 Å². The number of benzene rings is 2. The van der Waals surface area contributed by atoms with Crippen molar-refractivity contribution in [3.63, 3.8) is 0 Å². The molecule has 0 saturated heterocycles. The predicted octanol–water partition coefficient (Wildman–Crippen LogP) is 5.31. The Morgan fingerprint density at radius 1 is 1.21 bits per heavy atom. The van der Waals surface area contributed by atoms with Crippen molar-refractivity contribution in [2.75, 3.05) is 13.2 Å². The molecule has 1 aliphatic heterocycles. The van der Waals surface area contributed by atoms with Gasteiger partial charge in [0.05, 0.1) is 18.1 Å². The molecule has 0 saturated carbocycles. The van der Waals surface area contributed by atoms with Crippen molar-refractivity contribution in [3.05, 3.63) is 64.7 Å². The predicted molar refractivity (Wildman–Crippen MR) is 122 cm³/mol. The van der Waals surface area contributed by atoms with Crippen molar-refractivity contribution in [1.82, 2.24) is 5.32 Å². The first-order chi connectivity index (χ1) is 15.7. The molecule has 1 aliphatic rings. The van der Waals surface area contributed by atoms with E-state index in [0.717, 1.165) is 0 Å². The van der Waals surface area contributed by atoms with E-state index in [9.17, 15) is 14.0 Å². The Kier molecular flexibility index (Phi) is 6.26. The topological polar surface area (TPSA) is 77.8 Å².